The van der Waals surface area contributed by atoms with E-state index in [4.69, 9.17) is 15.2 Å². The lowest BCUT2D eigenvalue weighted by molar-refractivity contribution is 0.405. The quantitative estimate of drug-likeness (QED) is 0.504. The number of aromatic nitrogens is 2. The van der Waals surface area contributed by atoms with Gasteiger partial charge in [0.05, 0.1) is 32.1 Å². The van der Waals surface area contributed by atoms with Crippen LogP contribution in [0.4, 0.5) is 10.1 Å². The fourth-order valence-corrected chi connectivity index (χ4v) is 2.74. The maximum atomic E-state index is 14.5. The van der Waals surface area contributed by atoms with E-state index in [2.05, 4.69) is 15.3 Å². The first-order valence-electron chi connectivity index (χ1n) is 8.59. The molecule has 3 rings (SSSR count). The summed E-state index contributed by atoms with van der Waals surface area (Å²) < 4.78 is 26.7. The van der Waals surface area contributed by atoms with Crippen LogP contribution in [-0.2, 0) is 6.54 Å². The second-order valence-corrected chi connectivity index (χ2v) is 6.02. The Balaban J connectivity index is 1.73. The first-order valence-corrected chi connectivity index (χ1v) is 8.59. The van der Waals surface area contributed by atoms with Crippen LogP contribution >= 0.6 is 0 Å². The number of nitrogens with zero attached hydrogens (tertiary/aromatic N) is 3. The van der Waals surface area contributed by atoms with Crippen LogP contribution in [0.5, 0.6) is 11.5 Å². The van der Waals surface area contributed by atoms with Crippen molar-refractivity contribution in [3.05, 3.63) is 66.0 Å². The molecule has 8 heteroatoms. The van der Waals surface area contributed by atoms with E-state index in [0.29, 0.717) is 34.3 Å². The molecule has 0 fully saturated rings. The topological polar surface area (TPSA) is 86.7 Å². The molecule has 2 aromatic carbocycles. The summed E-state index contributed by atoms with van der Waals surface area (Å²) >= 11 is 0. The monoisotopic (exact) mass is 383 g/mol. The van der Waals surface area contributed by atoms with Crippen LogP contribution < -0.4 is 20.5 Å². The van der Waals surface area contributed by atoms with Crippen molar-refractivity contribution in [3.8, 4) is 17.2 Å². The Labute approximate surface area is 162 Å². The van der Waals surface area contributed by atoms with Gasteiger partial charge in [-0.25, -0.2) is 14.4 Å². The lowest BCUT2D eigenvalue weighted by Crippen LogP contribution is -2.23. The number of guanidine groups is 1. The molecule has 1 heterocycles. The summed E-state index contributed by atoms with van der Waals surface area (Å²) in [5.41, 5.74) is 7.73. The summed E-state index contributed by atoms with van der Waals surface area (Å²) in [5, 5.41) is 2.98. The highest BCUT2D eigenvalue weighted by atomic mass is 19.1. The van der Waals surface area contributed by atoms with Crippen LogP contribution in [-0.4, -0.2) is 29.7 Å². The van der Waals surface area contributed by atoms with Gasteiger partial charge in [0.2, 0.25) is 0 Å². The molecule has 0 bridgehead atoms. The van der Waals surface area contributed by atoms with Gasteiger partial charge < -0.3 is 25.1 Å². The molecule has 0 aliphatic rings. The Morgan fingerprint density at radius 3 is 2.68 bits per heavy atom. The first-order chi connectivity index (χ1) is 13.5. The fourth-order valence-electron chi connectivity index (χ4n) is 2.74. The Morgan fingerprint density at radius 2 is 2.04 bits per heavy atom. The van der Waals surface area contributed by atoms with Gasteiger partial charge in [-0.3, -0.25) is 0 Å². The van der Waals surface area contributed by atoms with Crippen molar-refractivity contribution in [3.63, 3.8) is 0 Å². The van der Waals surface area contributed by atoms with Gasteiger partial charge in [0.25, 0.3) is 0 Å². The summed E-state index contributed by atoms with van der Waals surface area (Å²) in [6.45, 7) is 2.04. The number of hydrogen-bond donors (Lipinski definition) is 2. The number of nitrogens with two attached hydrogens (primary N) is 1. The summed E-state index contributed by atoms with van der Waals surface area (Å²) in [4.78, 5) is 8.39. The molecule has 3 N–H and O–H groups in total. The van der Waals surface area contributed by atoms with Crippen LogP contribution in [0.15, 0.2) is 53.8 Å². The highest BCUT2D eigenvalue weighted by molar-refractivity contribution is 5.94. The van der Waals surface area contributed by atoms with Crippen molar-refractivity contribution in [2.75, 3.05) is 19.5 Å². The Kier molecular flexibility index (Phi) is 5.78. The maximum absolute atomic E-state index is 14.5. The molecule has 0 aliphatic heterocycles. The molecule has 0 aliphatic carbocycles. The zero-order valence-corrected chi connectivity index (χ0v) is 15.9. The van der Waals surface area contributed by atoms with Gasteiger partial charge in [0.1, 0.15) is 23.1 Å². The zero-order chi connectivity index (χ0) is 20.1. The first kappa shape index (κ1) is 19.2. The average molecular weight is 383 g/mol. The predicted molar refractivity (Wildman–Crippen MR) is 107 cm³/mol. The van der Waals surface area contributed by atoms with Gasteiger partial charge in [-0.05, 0) is 36.8 Å². The number of aryl methyl sites for hydroxylation is 1. The van der Waals surface area contributed by atoms with E-state index in [-0.39, 0.29) is 18.3 Å². The highest BCUT2D eigenvalue weighted by Gasteiger charge is 2.09. The van der Waals surface area contributed by atoms with E-state index in [1.807, 2.05) is 6.92 Å². The van der Waals surface area contributed by atoms with Crippen LogP contribution in [0.25, 0.3) is 5.69 Å². The van der Waals surface area contributed by atoms with Gasteiger partial charge in [0, 0.05) is 18.5 Å². The number of ether oxygens (including phenoxy) is 2. The molecule has 0 saturated carbocycles. The summed E-state index contributed by atoms with van der Waals surface area (Å²) in [5.74, 6) is 1.80. The second kappa shape index (κ2) is 8.43. The van der Waals surface area contributed by atoms with E-state index >= 15 is 0 Å². The standard InChI is InChI=1S/C20H22FN5O2/c1-13-23-8-9-26(13)18-6-4-14(10-16(18)21)12-24-20(22)25-17-11-15(27-2)5-7-19(17)28-3/h4-11H,12H2,1-3H3,(H3,22,24,25). The number of halogens is 1. The average Bonchev–Trinajstić information content (AvgIpc) is 3.12. The SMILES string of the molecule is COc1ccc(OC)c(NC(N)=NCc2ccc(-n3ccnc3C)c(F)c2)c1. The minimum atomic E-state index is -0.352. The van der Waals surface area contributed by atoms with Crippen LogP contribution in [0, 0.1) is 12.7 Å². The molecule has 0 spiro atoms. The second-order valence-electron chi connectivity index (χ2n) is 6.02. The maximum Gasteiger partial charge on any atom is 0.193 e. The highest BCUT2D eigenvalue weighted by Crippen LogP contribution is 2.28. The van der Waals surface area contributed by atoms with Crippen molar-refractivity contribution < 1.29 is 13.9 Å². The van der Waals surface area contributed by atoms with Crippen molar-refractivity contribution in [1.82, 2.24) is 9.55 Å². The Hall–Kier alpha value is -3.55. The van der Waals surface area contributed by atoms with E-state index in [9.17, 15) is 4.39 Å². The lowest BCUT2D eigenvalue weighted by atomic mass is 10.2. The number of methoxy groups -OCH3 is 2. The summed E-state index contributed by atoms with van der Waals surface area (Å²) in [6, 6.07) is 10.2. The largest absolute Gasteiger partial charge is 0.497 e. The number of rotatable bonds is 6. The van der Waals surface area contributed by atoms with E-state index in [0.717, 1.165) is 0 Å². The molecule has 0 radical (unpaired) electrons. The fraction of sp³-hybridized carbons (Fsp3) is 0.200. The molecular weight excluding hydrogens is 361 g/mol. The third-order valence-electron chi connectivity index (χ3n) is 4.20. The number of hydrogen-bond acceptors (Lipinski definition) is 4. The molecule has 0 saturated heterocycles. The molecule has 0 atom stereocenters. The smallest absolute Gasteiger partial charge is 0.193 e. The Bertz CT molecular complexity index is 1000. The van der Waals surface area contributed by atoms with Crippen molar-refractivity contribution >= 4 is 11.6 Å². The predicted octanol–water partition coefficient (Wildman–Crippen LogP) is 3.26. The van der Waals surface area contributed by atoms with Gasteiger partial charge in [-0.15, -0.1) is 0 Å². The third kappa shape index (κ3) is 4.22. The molecule has 146 valence electrons. The molecule has 0 unspecified atom stereocenters. The van der Waals surface area contributed by atoms with Crippen molar-refractivity contribution in [2.24, 2.45) is 10.7 Å². The Morgan fingerprint density at radius 1 is 1.21 bits per heavy atom. The van der Waals surface area contributed by atoms with Crippen molar-refractivity contribution in [1.29, 1.82) is 0 Å². The number of nitrogens with one attached hydrogen (secondary N) is 1. The van der Waals surface area contributed by atoms with E-state index in [1.54, 1.807) is 61.5 Å². The molecule has 1 aromatic heterocycles. The minimum absolute atomic E-state index is 0.182. The zero-order valence-electron chi connectivity index (χ0n) is 15.9. The van der Waals surface area contributed by atoms with Crippen LogP contribution in [0.2, 0.25) is 0 Å². The van der Waals surface area contributed by atoms with Gasteiger partial charge >= 0.3 is 0 Å². The van der Waals surface area contributed by atoms with Gasteiger partial charge in [-0.1, -0.05) is 6.07 Å². The molecule has 0 amide bonds. The molecule has 28 heavy (non-hydrogen) atoms. The van der Waals surface area contributed by atoms with E-state index in [1.165, 1.54) is 6.07 Å². The molecule has 7 nitrogen and oxygen atoms in total. The summed E-state index contributed by atoms with van der Waals surface area (Å²) in [7, 11) is 3.14. The molecule has 3 aromatic rings. The van der Waals surface area contributed by atoms with Crippen LogP contribution in [0.1, 0.15) is 11.4 Å². The number of imidazole rings is 1. The summed E-state index contributed by atoms with van der Waals surface area (Å²) in [6.07, 6.45) is 3.35. The van der Waals surface area contributed by atoms with Crippen molar-refractivity contribution in [2.45, 2.75) is 13.5 Å². The molecular formula is C20H22FN5O2. The number of benzene rings is 2. The van der Waals surface area contributed by atoms with Gasteiger partial charge in [-0.2, -0.15) is 0 Å². The van der Waals surface area contributed by atoms with Crippen LogP contribution in [0.3, 0.4) is 0 Å². The normalized spacial score (nSPS) is 11.4. The minimum Gasteiger partial charge on any atom is -0.497 e. The third-order valence-corrected chi connectivity index (χ3v) is 4.20. The lowest BCUT2D eigenvalue weighted by Gasteiger charge is -2.12. The van der Waals surface area contributed by atoms with Gasteiger partial charge in [0.15, 0.2) is 5.96 Å². The number of aliphatic imine (C=N–C) groups is 1. The van der Waals surface area contributed by atoms with E-state index < -0.39 is 0 Å². The number of anilines is 1.